The summed E-state index contributed by atoms with van der Waals surface area (Å²) in [6.45, 7) is 5.69. The largest absolute Gasteiger partial charge is 0.356 e. The highest BCUT2D eigenvalue weighted by Crippen LogP contribution is 2.14. The second kappa shape index (κ2) is 6.85. The van der Waals surface area contributed by atoms with Crippen molar-refractivity contribution >= 4 is 5.96 Å². The van der Waals surface area contributed by atoms with Crippen molar-refractivity contribution in [2.45, 2.75) is 19.8 Å². The fraction of sp³-hybridized carbons (Fsp3) is 0.417. The molecule has 0 radical (unpaired) electrons. The van der Waals surface area contributed by atoms with Crippen molar-refractivity contribution in [3.05, 3.63) is 35.9 Å². The lowest BCUT2D eigenvalue weighted by atomic mass is 10.0. The van der Waals surface area contributed by atoms with Gasteiger partial charge in [0.05, 0.1) is 0 Å². The molecule has 0 aliphatic carbocycles. The van der Waals surface area contributed by atoms with Crippen LogP contribution in [0.5, 0.6) is 0 Å². The number of benzene rings is 1. The Hall–Kier alpha value is -1.55. The Balaban J connectivity index is 2.54. The third-order valence-electron chi connectivity index (χ3n) is 2.37. The summed E-state index contributed by atoms with van der Waals surface area (Å²) in [7, 11) is 0. The van der Waals surface area contributed by atoms with E-state index < -0.39 is 0 Å². The average Bonchev–Trinajstić information content (AvgIpc) is 2.35. The average molecular weight is 220 g/mol. The zero-order valence-electron chi connectivity index (χ0n) is 9.90. The van der Waals surface area contributed by atoms with Crippen LogP contribution in [0.25, 0.3) is 0 Å². The van der Waals surface area contributed by atoms with Gasteiger partial charge in [-0.05, 0) is 12.5 Å². The molecule has 4 heteroatoms. The van der Waals surface area contributed by atoms with E-state index in [1.54, 1.807) is 0 Å². The number of nitrogens with two attached hydrogens (primary N) is 1. The molecule has 0 saturated heterocycles. The van der Waals surface area contributed by atoms with Crippen molar-refractivity contribution in [1.82, 2.24) is 10.7 Å². The van der Waals surface area contributed by atoms with Crippen LogP contribution < -0.4 is 16.6 Å². The maximum atomic E-state index is 5.34. The van der Waals surface area contributed by atoms with Gasteiger partial charge in [0.1, 0.15) is 0 Å². The van der Waals surface area contributed by atoms with Crippen molar-refractivity contribution in [1.29, 1.82) is 0 Å². The van der Waals surface area contributed by atoms with E-state index in [1.807, 2.05) is 25.1 Å². The smallest absolute Gasteiger partial charge is 0.205 e. The Kier molecular flexibility index (Phi) is 5.36. The normalized spacial score (nSPS) is 13.3. The predicted octanol–water partition coefficient (Wildman–Crippen LogP) is 1.22. The Morgan fingerprint density at radius 2 is 2.06 bits per heavy atom. The highest BCUT2D eigenvalue weighted by molar-refractivity contribution is 5.79. The molecule has 4 nitrogen and oxygen atoms in total. The van der Waals surface area contributed by atoms with E-state index in [0.717, 1.165) is 13.1 Å². The van der Waals surface area contributed by atoms with Gasteiger partial charge in [0.25, 0.3) is 0 Å². The molecular formula is C12H20N4. The molecule has 0 aromatic heterocycles. The lowest BCUT2D eigenvalue weighted by Crippen LogP contribution is -2.41. The van der Waals surface area contributed by atoms with Crippen LogP contribution in [0.1, 0.15) is 25.3 Å². The molecule has 0 aliphatic rings. The van der Waals surface area contributed by atoms with E-state index in [2.05, 4.69) is 34.8 Å². The first-order valence-electron chi connectivity index (χ1n) is 5.57. The first kappa shape index (κ1) is 12.5. The molecule has 1 unspecified atom stereocenters. The van der Waals surface area contributed by atoms with Crippen molar-refractivity contribution in [3.63, 3.8) is 0 Å². The van der Waals surface area contributed by atoms with Gasteiger partial charge in [-0.3, -0.25) is 10.4 Å². The van der Waals surface area contributed by atoms with Crippen molar-refractivity contribution in [2.24, 2.45) is 10.8 Å². The van der Waals surface area contributed by atoms with E-state index in [0.29, 0.717) is 11.9 Å². The van der Waals surface area contributed by atoms with Crippen molar-refractivity contribution in [2.75, 3.05) is 13.1 Å². The standard InChI is InChI=1S/C12H20N4/c1-3-14-12(16-13)15-9-10(2)11-7-5-4-6-8-11/h4-8,10H,3,9,13H2,1-2H3,(H2,14,15,16). The molecule has 0 fully saturated rings. The number of nitrogens with zero attached hydrogens (tertiary/aromatic N) is 1. The third kappa shape index (κ3) is 3.90. The van der Waals surface area contributed by atoms with Crippen LogP contribution in [0, 0.1) is 0 Å². The van der Waals surface area contributed by atoms with E-state index in [1.165, 1.54) is 5.56 Å². The summed E-state index contributed by atoms with van der Waals surface area (Å²) in [6, 6.07) is 10.3. The van der Waals surface area contributed by atoms with Crippen LogP contribution in [0.15, 0.2) is 35.3 Å². The summed E-state index contributed by atoms with van der Waals surface area (Å²) in [6.07, 6.45) is 0. The van der Waals surface area contributed by atoms with Crippen LogP contribution >= 0.6 is 0 Å². The van der Waals surface area contributed by atoms with Crippen LogP contribution in [-0.2, 0) is 0 Å². The number of hydrazine groups is 1. The first-order chi connectivity index (χ1) is 7.77. The number of nitrogens with one attached hydrogen (secondary N) is 2. The molecule has 0 aliphatic heterocycles. The summed E-state index contributed by atoms with van der Waals surface area (Å²) in [5.74, 6) is 6.38. The van der Waals surface area contributed by atoms with Gasteiger partial charge in [-0.2, -0.15) is 0 Å². The first-order valence-corrected chi connectivity index (χ1v) is 5.57. The lowest BCUT2D eigenvalue weighted by Gasteiger charge is -2.11. The highest BCUT2D eigenvalue weighted by atomic mass is 15.3. The molecule has 0 amide bonds. The molecule has 0 heterocycles. The zero-order valence-corrected chi connectivity index (χ0v) is 9.90. The molecule has 1 aromatic carbocycles. The molecule has 16 heavy (non-hydrogen) atoms. The van der Waals surface area contributed by atoms with Gasteiger partial charge in [0.15, 0.2) is 0 Å². The summed E-state index contributed by atoms with van der Waals surface area (Å²) < 4.78 is 0. The second-order valence-corrected chi connectivity index (χ2v) is 3.68. The Morgan fingerprint density at radius 1 is 1.38 bits per heavy atom. The van der Waals surface area contributed by atoms with Crippen LogP contribution in [0.2, 0.25) is 0 Å². The third-order valence-corrected chi connectivity index (χ3v) is 2.37. The maximum absolute atomic E-state index is 5.34. The number of rotatable bonds is 4. The Labute approximate surface area is 96.9 Å². The van der Waals surface area contributed by atoms with Gasteiger partial charge in [-0.15, -0.1) is 0 Å². The van der Waals surface area contributed by atoms with Gasteiger partial charge < -0.3 is 5.32 Å². The van der Waals surface area contributed by atoms with Gasteiger partial charge in [-0.1, -0.05) is 37.3 Å². The minimum atomic E-state index is 0.392. The molecular weight excluding hydrogens is 200 g/mol. The monoisotopic (exact) mass is 220 g/mol. The van der Waals surface area contributed by atoms with E-state index in [-0.39, 0.29) is 0 Å². The second-order valence-electron chi connectivity index (χ2n) is 3.68. The Morgan fingerprint density at radius 3 is 2.62 bits per heavy atom. The molecule has 1 atom stereocenters. The molecule has 0 saturated carbocycles. The van der Waals surface area contributed by atoms with E-state index in [4.69, 9.17) is 5.84 Å². The molecule has 1 aromatic rings. The zero-order chi connectivity index (χ0) is 11.8. The van der Waals surface area contributed by atoms with E-state index >= 15 is 0 Å². The summed E-state index contributed by atoms with van der Waals surface area (Å²) >= 11 is 0. The molecule has 0 bridgehead atoms. The van der Waals surface area contributed by atoms with Crippen LogP contribution in [-0.4, -0.2) is 19.0 Å². The molecule has 4 N–H and O–H groups in total. The number of aliphatic imine (C=N–C) groups is 1. The van der Waals surface area contributed by atoms with E-state index in [9.17, 15) is 0 Å². The maximum Gasteiger partial charge on any atom is 0.205 e. The van der Waals surface area contributed by atoms with Gasteiger partial charge in [0.2, 0.25) is 5.96 Å². The highest BCUT2D eigenvalue weighted by Gasteiger charge is 2.03. The minimum absolute atomic E-state index is 0.392. The van der Waals surface area contributed by atoms with Crippen LogP contribution in [0.3, 0.4) is 0 Å². The van der Waals surface area contributed by atoms with Crippen molar-refractivity contribution in [3.8, 4) is 0 Å². The fourth-order valence-electron chi connectivity index (χ4n) is 1.44. The quantitative estimate of drug-likeness (QED) is 0.309. The number of hydrogen-bond acceptors (Lipinski definition) is 2. The molecule has 1 rings (SSSR count). The van der Waals surface area contributed by atoms with Gasteiger partial charge in [0, 0.05) is 19.0 Å². The molecule has 88 valence electrons. The Bertz CT molecular complexity index is 321. The summed E-state index contributed by atoms with van der Waals surface area (Å²) in [5.41, 5.74) is 3.84. The summed E-state index contributed by atoms with van der Waals surface area (Å²) in [5, 5.41) is 3.05. The SMILES string of the molecule is CCNC(=NCC(C)c1ccccc1)NN. The van der Waals surface area contributed by atoms with Crippen LogP contribution in [0.4, 0.5) is 0 Å². The predicted molar refractivity (Wildman–Crippen MR) is 68.2 cm³/mol. The van der Waals surface area contributed by atoms with Gasteiger partial charge in [-0.25, -0.2) is 5.84 Å². The summed E-state index contributed by atoms with van der Waals surface area (Å²) in [4.78, 5) is 4.38. The fourth-order valence-corrected chi connectivity index (χ4v) is 1.44. The van der Waals surface area contributed by atoms with Crippen molar-refractivity contribution < 1.29 is 0 Å². The van der Waals surface area contributed by atoms with Gasteiger partial charge >= 0.3 is 0 Å². The minimum Gasteiger partial charge on any atom is -0.356 e. The molecule has 0 spiro atoms. The topological polar surface area (TPSA) is 62.4 Å². The number of guanidine groups is 1. The number of hydrogen-bond donors (Lipinski definition) is 3. The lowest BCUT2D eigenvalue weighted by molar-refractivity contribution is 0.755.